The number of aliphatic hydroxyl groups is 1. The molecular formula is C30H31ClN2O4. The number of benzene rings is 3. The third-order valence-corrected chi connectivity index (χ3v) is 6.56. The Morgan fingerprint density at radius 1 is 1.03 bits per heavy atom. The van der Waals surface area contributed by atoms with Crippen LogP contribution in [0.5, 0.6) is 5.75 Å². The van der Waals surface area contributed by atoms with Crippen molar-refractivity contribution in [3.8, 4) is 5.75 Å². The van der Waals surface area contributed by atoms with E-state index in [4.69, 9.17) is 16.3 Å². The molecule has 0 aliphatic carbocycles. The fraction of sp³-hybridized carbons (Fsp3) is 0.267. The summed E-state index contributed by atoms with van der Waals surface area (Å²) in [7, 11) is 3.91. The Kier molecular flexibility index (Phi) is 8.31. The Labute approximate surface area is 222 Å². The summed E-state index contributed by atoms with van der Waals surface area (Å²) in [4.78, 5) is 29.8. The summed E-state index contributed by atoms with van der Waals surface area (Å²) in [6, 6.07) is 21.3. The molecule has 1 saturated heterocycles. The fourth-order valence-corrected chi connectivity index (χ4v) is 4.72. The molecule has 6 nitrogen and oxygen atoms in total. The van der Waals surface area contributed by atoms with Crippen LogP contribution in [0.25, 0.3) is 5.76 Å². The minimum atomic E-state index is -0.724. The summed E-state index contributed by atoms with van der Waals surface area (Å²) in [6.45, 7) is 3.58. The van der Waals surface area contributed by atoms with E-state index >= 15 is 0 Å². The van der Waals surface area contributed by atoms with E-state index in [1.165, 1.54) is 4.90 Å². The summed E-state index contributed by atoms with van der Waals surface area (Å²) in [5.41, 5.74) is 3.39. The van der Waals surface area contributed by atoms with Crippen LogP contribution in [-0.4, -0.2) is 53.8 Å². The maximum absolute atomic E-state index is 13.2. The lowest BCUT2D eigenvalue weighted by molar-refractivity contribution is -0.139. The first-order valence-corrected chi connectivity index (χ1v) is 12.6. The maximum atomic E-state index is 13.2. The molecule has 3 aromatic carbocycles. The van der Waals surface area contributed by atoms with Gasteiger partial charge < -0.3 is 19.6 Å². The molecule has 0 spiro atoms. The van der Waals surface area contributed by atoms with Gasteiger partial charge in [0.25, 0.3) is 11.7 Å². The van der Waals surface area contributed by atoms with Crippen LogP contribution in [0.15, 0.2) is 78.4 Å². The first-order chi connectivity index (χ1) is 17.7. The molecule has 1 amide bonds. The van der Waals surface area contributed by atoms with E-state index in [2.05, 4.69) is 6.07 Å². The van der Waals surface area contributed by atoms with Crippen LogP contribution < -0.4 is 4.74 Å². The molecule has 0 saturated carbocycles. The first kappa shape index (κ1) is 26.5. The highest BCUT2D eigenvalue weighted by Gasteiger charge is 2.45. The highest BCUT2D eigenvalue weighted by atomic mass is 35.5. The molecular weight excluding hydrogens is 488 g/mol. The Balaban J connectivity index is 1.63. The number of hydrogen-bond acceptors (Lipinski definition) is 5. The molecule has 1 fully saturated rings. The van der Waals surface area contributed by atoms with Crippen LogP contribution in [0.4, 0.5) is 0 Å². The lowest BCUT2D eigenvalue weighted by Gasteiger charge is -2.26. The van der Waals surface area contributed by atoms with Crippen molar-refractivity contribution >= 4 is 29.1 Å². The van der Waals surface area contributed by atoms with Crippen LogP contribution in [0.3, 0.4) is 0 Å². The number of amides is 1. The summed E-state index contributed by atoms with van der Waals surface area (Å²) in [5.74, 6) is -0.909. The smallest absolute Gasteiger partial charge is 0.295 e. The summed E-state index contributed by atoms with van der Waals surface area (Å²) in [6.07, 6.45) is 0.685. The number of aliphatic hydroxyl groups excluding tert-OH is 1. The van der Waals surface area contributed by atoms with Crippen LogP contribution in [0.1, 0.15) is 34.7 Å². The van der Waals surface area contributed by atoms with Gasteiger partial charge in [0.1, 0.15) is 18.1 Å². The molecule has 4 rings (SSSR count). The van der Waals surface area contributed by atoms with E-state index in [1.54, 1.807) is 42.5 Å². The lowest BCUT2D eigenvalue weighted by Crippen LogP contribution is -2.32. The standard InChI is InChI=1S/C30H31ClN2O4/c1-20-7-4-8-21(17-20)19-37-25-13-11-22(12-14-25)28(34)26-27(23-9-5-10-24(31)18-23)33(30(36)29(26)35)16-6-15-32(2)3/h4-5,7-14,17-18,27,34H,6,15-16,19H2,1-3H3/t27-/m1/s1. The predicted molar refractivity (Wildman–Crippen MR) is 146 cm³/mol. The van der Waals surface area contributed by atoms with Crippen LogP contribution >= 0.6 is 11.6 Å². The molecule has 1 N–H and O–H groups in total. The minimum absolute atomic E-state index is 0.0607. The van der Waals surface area contributed by atoms with Gasteiger partial charge in [-0.05, 0) is 81.5 Å². The zero-order valence-electron chi connectivity index (χ0n) is 21.3. The molecule has 1 aliphatic rings. The first-order valence-electron chi connectivity index (χ1n) is 12.2. The fourth-order valence-electron chi connectivity index (χ4n) is 4.52. The van der Waals surface area contributed by atoms with Gasteiger partial charge in [0.15, 0.2) is 0 Å². The van der Waals surface area contributed by atoms with Gasteiger partial charge in [0.2, 0.25) is 0 Å². The highest BCUT2D eigenvalue weighted by molar-refractivity contribution is 6.46. The molecule has 0 bridgehead atoms. The second-order valence-corrected chi connectivity index (χ2v) is 9.94. The highest BCUT2D eigenvalue weighted by Crippen LogP contribution is 2.40. The second kappa shape index (κ2) is 11.6. The van der Waals surface area contributed by atoms with Crippen LogP contribution in [0.2, 0.25) is 5.02 Å². The summed E-state index contributed by atoms with van der Waals surface area (Å²) < 4.78 is 5.88. The van der Waals surface area contributed by atoms with Crippen molar-refractivity contribution in [2.75, 3.05) is 27.2 Å². The molecule has 0 aromatic heterocycles. The van der Waals surface area contributed by atoms with Crippen molar-refractivity contribution in [3.05, 3.63) is 106 Å². The number of hydrogen-bond donors (Lipinski definition) is 1. The number of nitrogens with zero attached hydrogens (tertiary/aromatic N) is 2. The summed E-state index contributed by atoms with van der Waals surface area (Å²) >= 11 is 6.25. The van der Waals surface area contributed by atoms with Crippen molar-refractivity contribution in [3.63, 3.8) is 0 Å². The largest absolute Gasteiger partial charge is 0.507 e. The van der Waals surface area contributed by atoms with E-state index in [1.807, 2.05) is 50.2 Å². The van der Waals surface area contributed by atoms with Crippen molar-refractivity contribution in [1.29, 1.82) is 0 Å². The second-order valence-electron chi connectivity index (χ2n) is 9.51. The molecule has 192 valence electrons. The number of halogens is 1. The zero-order valence-corrected chi connectivity index (χ0v) is 22.0. The zero-order chi connectivity index (χ0) is 26.5. The Bertz CT molecular complexity index is 1320. The molecule has 1 heterocycles. The number of rotatable bonds is 9. The quantitative estimate of drug-likeness (QED) is 0.227. The third kappa shape index (κ3) is 6.21. The number of ketones is 1. The monoisotopic (exact) mass is 518 g/mol. The average molecular weight is 519 g/mol. The van der Waals surface area contributed by atoms with Crippen molar-refractivity contribution < 1.29 is 19.4 Å². The Hall–Kier alpha value is -3.61. The van der Waals surface area contributed by atoms with E-state index in [0.717, 1.165) is 17.7 Å². The van der Waals surface area contributed by atoms with E-state index < -0.39 is 17.7 Å². The van der Waals surface area contributed by atoms with E-state index in [0.29, 0.717) is 41.5 Å². The SMILES string of the molecule is Cc1cccc(COc2ccc(C(O)=C3C(=O)C(=O)N(CCCN(C)C)[C@@H]3c3cccc(Cl)c3)cc2)c1. The number of ether oxygens (including phenoxy) is 1. The van der Waals surface area contributed by atoms with Gasteiger partial charge in [0, 0.05) is 17.1 Å². The summed E-state index contributed by atoms with van der Waals surface area (Å²) in [5, 5.41) is 11.8. The van der Waals surface area contributed by atoms with Crippen LogP contribution in [0, 0.1) is 6.92 Å². The molecule has 7 heteroatoms. The number of carbonyl (C=O) groups excluding carboxylic acids is 2. The Morgan fingerprint density at radius 2 is 1.76 bits per heavy atom. The number of Topliss-reactive ketones (excluding diaryl/α,β-unsaturated/α-hetero) is 1. The van der Waals surface area contributed by atoms with E-state index in [9.17, 15) is 14.7 Å². The van der Waals surface area contributed by atoms with Gasteiger partial charge in [-0.1, -0.05) is 53.6 Å². The third-order valence-electron chi connectivity index (χ3n) is 6.32. The van der Waals surface area contributed by atoms with Gasteiger partial charge in [-0.3, -0.25) is 9.59 Å². The number of aryl methyl sites for hydroxylation is 1. The topological polar surface area (TPSA) is 70.1 Å². The van der Waals surface area contributed by atoms with Crippen molar-refractivity contribution in [1.82, 2.24) is 9.80 Å². The Morgan fingerprint density at radius 3 is 2.43 bits per heavy atom. The van der Waals surface area contributed by atoms with Gasteiger partial charge in [-0.25, -0.2) is 0 Å². The molecule has 1 aliphatic heterocycles. The minimum Gasteiger partial charge on any atom is -0.507 e. The van der Waals surface area contributed by atoms with Gasteiger partial charge in [0.05, 0.1) is 11.6 Å². The van der Waals surface area contributed by atoms with Gasteiger partial charge >= 0.3 is 0 Å². The molecule has 1 atom stereocenters. The molecule has 37 heavy (non-hydrogen) atoms. The van der Waals surface area contributed by atoms with Crippen LogP contribution in [-0.2, 0) is 16.2 Å². The van der Waals surface area contributed by atoms with Gasteiger partial charge in [-0.2, -0.15) is 0 Å². The van der Waals surface area contributed by atoms with Gasteiger partial charge in [-0.15, -0.1) is 0 Å². The van der Waals surface area contributed by atoms with Crippen molar-refractivity contribution in [2.24, 2.45) is 0 Å². The maximum Gasteiger partial charge on any atom is 0.295 e. The van der Waals surface area contributed by atoms with E-state index in [-0.39, 0.29) is 11.3 Å². The molecule has 3 aromatic rings. The normalized spacial score (nSPS) is 17.0. The predicted octanol–water partition coefficient (Wildman–Crippen LogP) is 5.60. The number of likely N-dealkylation sites (tertiary alicyclic amines) is 1. The molecule has 0 radical (unpaired) electrons. The lowest BCUT2D eigenvalue weighted by atomic mass is 9.95. The average Bonchev–Trinajstić information content (AvgIpc) is 3.12. The molecule has 0 unspecified atom stereocenters. The number of carbonyl (C=O) groups is 2. The van der Waals surface area contributed by atoms with Crippen molar-refractivity contribution in [2.45, 2.75) is 26.0 Å².